The standard InChI is InChI=1S/C9H12N2/c1-6-3-8-4-7(2)11-9(8)10-5-6/h5-6H,3-4H2,1-2H3. The fourth-order valence-electron chi connectivity index (χ4n) is 1.61. The molecule has 2 aliphatic heterocycles. The van der Waals surface area contributed by atoms with Crippen molar-refractivity contribution in [1.29, 1.82) is 0 Å². The summed E-state index contributed by atoms with van der Waals surface area (Å²) in [7, 11) is 0. The summed E-state index contributed by atoms with van der Waals surface area (Å²) in [5.74, 6) is 1.59. The number of hydrogen-bond acceptors (Lipinski definition) is 2. The molecular weight excluding hydrogens is 136 g/mol. The SMILES string of the molecule is CC1=NC2=C(C1)CC(C)C=N2. The molecule has 2 heterocycles. The number of aliphatic imine (C=N–C) groups is 2. The van der Waals surface area contributed by atoms with Gasteiger partial charge in [-0.3, -0.25) is 0 Å². The largest absolute Gasteiger partial charge is 0.241 e. The molecule has 0 spiro atoms. The molecule has 0 aromatic rings. The van der Waals surface area contributed by atoms with E-state index >= 15 is 0 Å². The Hall–Kier alpha value is -0.920. The highest BCUT2D eigenvalue weighted by Gasteiger charge is 2.19. The molecule has 1 atom stereocenters. The summed E-state index contributed by atoms with van der Waals surface area (Å²) >= 11 is 0. The summed E-state index contributed by atoms with van der Waals surface area (Å²) in [5.41, 5.74) is 2.64. The molecule has 0 bridgehead atoms. The van der Waals surface area contributed by atoms with Crippen LogP contribution in [0.2, 0.25) is 0 Å². The normalized spacial score (nSPS) is 28.9. The van der Waals surface area contributed by atoms with Gasteiger partial charge in [0, 0.05) is 18.3 Å². The molecule has 2 aliphatic rings. The summed E-state index contributed by atoms with van der Waals surface area (Å²) in [6, 6.07) is 0. The van der Waals surface area contributed by atoms with Gasteiger partial charge >= 0.3 is 0 Å². The summed E-state index contributed by atoms with van der Waals surface area (Å²) in [4.78, 5) is 8.63. The van der Waals surface area contributed by atoms with E-state index in [-0.39, 0.29) is 0 Å². The van der Waals surface area contributed by atoms with Crippen molar-refractivity contribution in [1.82, 2.24) is 0 Å². The predicted molar refractivity (Wildman–Crippen MR) is 47.0 cm³/mol. The second-order valence-corrected chi connectivity index (χ2v) is 3.41. The molecule has 0 aliphatic carbocycles. The van der Waals surface area contributed by atoms with Crippen molar-refractivity contribution in [2.45, 2.75) is 26.7 Å². The lowest BCUT2D eigenvalue weighted by atomic mass is 9.98. The quantitative estimate of drug-likeness (QED) is 0.503. The highest BCUT2D eigenvalue weighted by Crippen LogP contribution is 2.29. The zero-order valence-electron chi connectivity index (χ0n) is 6.96. The van der Waals surface area contributed by atoms with E-state index in [0.717, 1.165) is 18.7 Å². The van der Waals surface area contributed by atoms with Gasteiger partial charge in [-0.1, -0.05) is 6.92 Å². The van der Waals surface area contributed by atoms with Gasteiger partial charge in [-0.05, 0) is 24.8 Å². The molecule has 0 saturated heterocycles. The van der Waals surface area contributed by atoms with Crippen molar-refractivity contribution in [2.24, 2.45) is 15.9 Å². The lowest BCUT2D eigenvalue weighted by molar-refractivity contribution is 0.742. The Bertz CT molecular complexity index is 271. The molecule has 58 valence electrons. The van der Waals surface area contributed by atoms with Gasteiger partial charge in [0.05, 0.1) is 0 Å². The molecule has 2 rings (SSSR count). The van der Waals surface area contributed by atoms with Crippen LogP contribution in [0.3, 0.4) is 0 Å². The Morgan fingerprint density at radius 1 is 1.55 bits per heavy atom. The first-order valence-electron chi connectivity index (χ1n) is 4.06. The van der Waals surface area contributed by atoms with Crippen LogP contribution >= 0.6 is 0 Å². The summed E-state index contributed by atoms with van der Waals surface area (Å²) in [6.45, 7) is 4.26. The van der Waals surface area contributed by atoms with E-state index in [2.05, 4.69) is 23.8 Å². The zero-order chi connectivity index (χ0) is 7.84. The van der Waals surface area contributed by atoms with Crippen LogP contribution in [0.4, 0.5) is 0 Å². The molecule has 0 aromatic carbocycles. The minimum Gasteiger partial charge on any atom is -0.241 e. The van der Waals surface area contributed by atoms with Crippen LogP contribution in [0, 0.1) is 5.92 Å². The van der Waals surface area contributed by atoms with E-state index in [4.69, 9.17) is 0 Å². The molecule has 0 aromatic heterocycles. The van der Waals surface area contributed by atoms with Gasteiger partial charge in [-0.2, -0.15) is 0 Å². The van der Waals surface area contributed by atoms with Gasteiger partial charge in [-0.25, -0.2) is 9.98 Å². The molecule has 11 heavy (non-hydrogen) atoms. The second kappa shape index (κ2) is 2.29. The minimum atomic E-state index is 0.606. The summed E-state index contributed by atoms with van der Waals surface area (Å²) in [6.07, 6.45) is 4.21. The average Bonchev–Trinajstić information content (AvgIpc) is 2.27. The first kappa shape index (κ1) is 6.77. The van der Waals surface area contributed by atoms with Crippen molar-refractivity contribution in [3.8, 4) is 0 Å². The van der Waals surface area contributed by atoms with Gasteiger partial charge < -0.3 is 0 Å². The average molecular weight is 148 g/mol. The molecular formula is C9H12N2. The molecule has 0 amide bonds. The summed E-state index contributed by atoms with van der Waals surface area (Å²) < 4.78 is 0. The smallest absolute Gasteiger partial charge is 0.150 e. The van der Waals surface area contributed by atoms with Crippen LogP contribution in [-0.4, -0.2) is 11.9 Å². The molecule has 1 unspecified atom stereocenters. The van der Waals surface area contributed by atoms with Gasteiger partial charge in [0.1, 0.15) is 0 Å². The van der Waals surface area contributed by atoms with Crippen LogP contribution in [0.25, 0.3) is 0 Å². The van der Waals surface area contributed by atoms with E-state index < -0.39 is 0 Å². The van der Waals surface area contributed by atoms with Gasteiger partial charge in [-0.15, -0.1) is 0 Å². The molecule has 2 heteroatoms. The maximum atomic E-state index is 4.34. The van der Waals surface area contributed by atoms with E-state index in [0.29, 0.717) is 5.92 Å². The predicted octanol–water partition coefficient (Wildman–Crippen LogP) is 2.17. The third-order valence-electron chi connectivity index (χ3n) is 2.10. The van der Waals surface area contributed by atoms with Crippen molar-refractivity contribution >= 4 is 11.9 Å². The minimum absolute atomic E-state index is 0.606. The molecule has 0 N–H and O–H groups in total. The Labute approximate surface area is 66.7 Å². The lowest BCUT2D eigenvalue weighted by Gasteiger charge is -2.11. The number of hydrogen-bond donors (Lipinski definition) is 0. The van der Waals surface area contributed by atoms with Crippen molar-refractivity contribution in [3.05, 3.63) is 11.4 Å². The maximum absolute atomic E-state index is 4.34. The highest BCUT2D eigenvalue weighted by molar-refractivity contribution is 5.88. The van der Waals surface area contributed by atoms with Crippen LogP contribution in [-0.2, 0) is 0 Å². The third-order valence-corrected chi connectivity index (χ3v) is 2.10. The Morgan fingerprint density at radius 3 is 3.18 bits per heavy atom. The Morgan fingerprint density at radius 2 is 2.36 bits per heavy atom. The number of nitrogens with zero attached hydrogens (tertiary/aromatic N) is 2. The third kappa shape index (κ3) is 1.13. The van der Waals surface area contributed by atoms with E-state index in [9.17, 15) is 0 Å². The maximum Gasteiger partial charge on any atom is 0.150 e. The topological polar surface area (TPSA) is 24.7 Å². The van der Waals surface area contributed by atoms with Crippen LogP contribution in [0.5, 0.6) is 0 Å². The van der Waals surface area contributed by atoms with Crippen LogP contribution < -0.4 is 0 Å². The summed E-state index contributed by atoms with van der Waals surface area (Å²) in [5, 5.41) is 0. The van der Waals surface area contributed by atoms with Gasteiger partial charge in [0.25, 0.3) is 0 Å². The molecule has 0 saturated carbocycles. The molecule has 2 nitrogen and oxygen atoms in total. The van der Waals surface area contributed by atoms with Gasteiger partial charge in [0.2, 0.25) is 0 Å². The van der Waals surface area contributed by atoms with Crippen molar-refractivity contribution in [3.63, 3.8) is 0 Å². The van der Waals surface area contributed by atoms with Gasteiger partial charge in [0.15, 0.2) is 5.82 Å². The van der Waals surface area contributed by atoms with E-state index in [1.54, 1.807) is 0 Å². The lowest BCUT2D eigenvalue weighted by Crippen LogP contribution is -2.03. The Kier molecular flexibility index (Phi) is 1.41. The highest BCUT2D eigenvalue weighted by atomic mass is 15.0. The van der Waals surface area contributed by atoms with E-state index in [1.807, 2.05) is 6.21 Å². The first-order valence-corrected chi connectivity index (χ1v) is 4.06. The Balaban J connectivity index is 2.26. The van der Waals surface area contributed by atoms with Crippen LogP contribution in [0.15, 0.2) is 21.4 Å². The fraction of sp³-hybridized carbons (Fsp3) is 0.556. The fourth-order valence-corrected chi connectivity index (χ4v) is 1.61. The first-order chi connectivity index (χ1) is 5.25. The van der Waals surface area contributed by atoms with Crippen molar-refractivity contribution in [2.75, 3.05) is 0 Å². The second-order valence-electron chi connectivity index (χ2n) is 3.41. The molecule has 0 fully saturated rings. The number of allylic oxidation sites excluding steroid dienone is 1. The van der Waals surface area contributed by atoms with Crippen LogP contribution in [0.1, 0.15) is 26.7 Å². The zero-order valence-corrected chi connectivity index (χ0v) is 6.96. The number of rotatable bonds is 0. The van der Waals surface area contributed by atoms with Crippen molar-refractivity contribution < 1.29 is 0 Å². The van der Waals surface area contributed by atoms with E-state index in [1.165, 1.54) is 11.3 Å². The monoisotopic (exact) mass is 148 g/mol. The molecule has 0 radical (unpaired) electrons.